The average molecular weight is 224 g/mol. The van der Waals surface area contributed by atoms with E-state index in [4.69, 9.17) is 11.6 Å². The van der Waals surface area contributed by atoms with E-state index < -0.39 is 5.24 Å². The molecule has 0 fully saturated rings. The van der Waals surface area contributed by atoms with E-state index in [0.717, 1.165) is 5.56 Å². The van der Waals surface area contributed by atoms with Crippen LogP contribution in [0, 0.1) is 6.92 Å². The molecular formula is C10H10ClN3O. The molecule has 0 bridgehead atoms. The van der Waals surface area contributed by atoms with Crippen molar-refractivity contribution >= 4 is 28.7 Å². The Hall–Kier alpha value is -1.39. The van der Waals surface area contributed by atoms with Gasteiger partial charge in [0.25, 0.3) is 5.24 Å². The highest BCUT2D eigenvalue weighted by Crippen LogP contribution is 2.23. The maximum Gasteiger partial charge on any atom is 0.254 e. The predicted octanol–water partition coefficient (Wildman–Crippen LogP) is 1.68. The van der Waals surface area contributed by atoms with E-state index >= 15 is 0 Å². The summed E-state index contributed by atoms with van der Waals surface area (Å²) in [5.41, 5.74) is 5.12. The van der Waals surface area contributed by atoms with Crippen molar-refractivity contribution in [1.82, 2.24) is 5.43 Å². The Morgan fingerprint density at radius 1 is 1.60 bits per heavy atom. The van der Waals surface area contributed by atoms with Gasteiger partial charge in [0.2, 0.25) is 0 Å². The topological polar surface area (TPSA) is 44.7 Å². The van der Waals surface area contributed by atoms with Crippen LogP contribution >= 0.6 is 11.6 Å². The minimum Gasteiger partial charge on any atom is -0.276 e. The largest absolute Gasteiger partial charge is 0.276 e. The lowest BCUT2D eigenvalue weighted by Crippen LogP contribution is -2.29. The van der Waals surface area contributed by atoms with Crippen LogP contribution in [0.1, 0.15) is 15.9 Å². The molecule has 0 aliphatic carbocycles. The number of carbonyl (C=O) groups excluding carboxylic acids is 1. The van der Waals surface area contributed by atoms with Crippen LogP contribution < -0.4 is 10.5 Å². The molecule has 1 aromatic rings. The second kappa shape index (κ2) is 4.00. The molecule has 1 N–H and O–H groups in total. The van der Waals surface area contributed by atoms with Crippen molar-refractivity contribution in [2.75, 3.05) is 11.7 Å². The van der Waals surface area contributed by atoms with Gasteiger partial charge in [-0.25, -0.2) is 5.43 Å². The standard InChI is InChI=1S/C10H10ClN3O/c1-7-2-3-9(8(6-7)10(11)15)14-12-4-5-13-14/h2-4,6,13H,5H2,1H3. The van der Waals surface area contributed by atoms with Gasteiger partial charge in [0.1, 0.15) is 0 Å². The Balaban J connectivity index is 2.45. The van der Waals surface area contributed by atoms with E-state index in [1.807, 2.05) is 19.1 Å². The third-order valence-corrected chi connectivity index (χ3v) is 2.33. The average Bonchev–Trinajstić information content (AvgIpc) is 2.70. The van der Waals surface area contributed by atoms with Crippen LogP contribution in [0.5, 0.6) is 0 Å². The molecule has 5 heteroatoms. The number of hydrogen-bond donors (Lipinski definition) is 1. The van der Waals surface area contributed by atoms with E-state index in [0.29, 0.717) is 17.8 Å². The second-order valence-electron chi connectivity index (χ2n) is 3.27. The van der Waals surface area contributed by atoms with Gasteiger partial charge in [-0.2, -0.15) is 10.2 Å². The minimum atomic E-state index is -0.474. The zero-order valence-corrected chi connectivity index (χ0v) is 8.95. The third kappa shape index (κ3) is 2.00. The lowest BCUT2D eigenvalue weighted by atomic mass is 10.1. The molecule has 15 heavy (non-hydrogen) atoms. The summed E-state index contributed by atoms with van der Waals surface area (Å²) in [7, 11) is 0. The summed E-state index contributed by atoms with van der Waals surface area (Å²) < 4.78 is 0. The summed E-state index contributed by atoms with van der Waals surface area (Å²) in [6.07, 6.45) is 1.72. The lowest BCUT2D eigenvalue weighted by Gasteiger charge is -2.16. The monoisotopic (exact) mass is 223 g/mol. The number of halogens is 1. The quantitative estimate of drug-likeness (QED) is 0.776. The minimum absolute atomic E-state index is 0.461. The van der Waals surface area contributed by atoms with E-state index in [2.05, 4.69) is 10.5 Å². The summed E-state index contributed by atoms with van der Waals surface area (Å²) in [6.45, 7) is 2.57. The Morgan fingerprint density at radius 2 is 2.40 bits per heavy atom. The molecule has 0 unspecified atom stereocenters. The van der Waals surface area contributed by atoms with Crippen LogP contribution in [0.4, 0.5) is 5.69 Å². The van der Waals surface area contributed by atoms with Crippen molar-refractivity contribution in [3.05, 3.63) is 29.3 Å². The lowest BCUT2D eigenvalue weighted by molar-refractivity contribution is 0.108. The Kier molecular flexibility index (Phi) is 2.70. The fourth-order valence-electron chi connectivity index (χ4n) is 1.43. The zero-order chi connectivity index (χ0) is 10.8. The van der Waals surface area contributed by atoms with Crippen molar-refractivity contribution in [3.63, 3.8) is 0 Å². The van der Waals surface area contributed by atoms with Crippen molar-refractivity contribution in [3.8, 4) is 0 Å². The fraction of sp³-hybridized carbons (Fsp3) is 0.200. The number of nitrogens with zero attached hydrogens (tertiary/aromatic N) is 2. The molecule has 0 saturated carbocycles. The first kappa shape index (κ1) is 10.1. The summed E-state index contributed by atoms with van der Waals surface area (Å²) in [5.74, 6) is 0. The van der Waals surface area contributed by atoms with Crippen LogP contribution in [-0.4, -0.2) is 18.0 Å². The van der Waals surface area contributed by atoms with Gasteiger partial charge in [-0.1, -0.05) is 11.6 Å². The molecule has 0 radical (unpaired) electrons. The van der Waals surface area contributed by atoms with Crippen LogP contribution in [0.3, 0.4) is 0 Å². The normalized spacial score (nSPS) is 14.7. The smallest absolute Gasteiger partial charge is 0.254 e. The van der Waals surface area contributed by atoms with E-state index in [9.17, 15) is 4.79 Å². The van der Waals surface area contributed by atoms with Gasteiger partial charge in [-0.3, -0.25) is 4.79 Å². The first-order valence-electron chi connectivity index (χ1n) is 4.55. The number of hydrazine groups is 1. The maximum atomic E-state index is 11.2. The number of aryl methyl sites for hydroxylation is 1. The van der Waals surface area contributed by atoms with Crippen molar-refractivity contribution in [1.29, 1.82) is 0 Å². The molecule has 1 aliphatic heterocycles. The van der Waals surface area contributed by atoms with Crippen LogP contribution in [-0.2, 0) is 0 Å². The molecule has 0 saturated heterocycles. The van der Waals surface area contributed by atoms with Gasteiger partial charge in [0.05, 0.1) is 17.8 Å². The molecule has 1 aromatic carbocycles. The molecule has 2 rings (SSSR count). The number of hydrogen-bond acceptors (Lipinski definition) is 4. The number of anilines is 1. The SMILES string of the molecule is Cc1ccc(N2N=CCN2)c(C(=O)Cl)c1. The first-order chi connectivity index (χ1) is 7.18. The number of rotatable bonds is 2. The highest BCUT2D eigenvalue weighted by atomic mass is 35.5. The Bertz CT molecular complexity index is 431. The zero-order valence-electron chi connectivity index (χ0n) is 8.20. The van der Waals surface area contributed by atoms with Gasteiger partial charge in [0, 0.05) is 6.21 Å². The molecule has 4 nitrogen and oxygen atoms in total. The van der Waals surface area contributed by atoms with Crippen LogP contribution in [0.2, 0.25) is 0 Å². The molecule has 0 spiro atoms. The van der Waals surface area contributed by atoms with Gasteiger partial charge in [-0.15, -0.1) is 0 Å². The van der Waals surface area contributed by atoms with Gasteiger partial charge in [0.15, 0.2) is 0 Å². The predicted molar refractivity (Wildman–Crippen MR) is 60.3 cm³/mol. The van der Waals surface area contributed by atoms with Crippen molar-refractivity contribution in [2.24, 2.45) is 5.10 Å². The highest BCUT2D eigenvalue weighted by molar-refractivity contribution is 6.68. The summed E-state index contributed by atoms with van der Waals surface area (Å²) in [6, 6.07) is 5.48. The molecule has 1 heterocycles. The molecule has 0 atom stereocenters. The Morgan fingerprint density at radius 3 is 3.00 bits per heavy atom. The highest BCUT2D eigenvalue weighted by Gasteiger charge is 2.16. The number of nitrogens with one attached hydrogen (secondary N) is 1. The van der Waals surface area contributed by atoms with Crippen LogP contribution in [0.25, 0.3) is 0 Å². The first-order valence-corrected chi connectivity index (χ1v) is 4.93. The number of carbonyl (C=O) groups is 1. The summed E-state index contributed by atoms with van der Waals surface area (Å²) >= 11 is 5.51. The number of hydrazone groups is 1. The summed E-state index contributed by atoms with van der Waals surface area (Å²) in [5, 5.41) is 5.14. The summed E-state index contributed by atoms with van der Waals surface area (Å²) in [4.78, 5) is 11.2. The van der Waals surface area contributed by atoms with E-state index in [-0.39, 0.29) is 0 Å². The molecule has 1 aliphatic rings. The van der Waals surface area contributed by atoms with E-state index in [1.165, 1.54) is 0 Å². The van der Waals surface area contributed by atoms with Crippen molar-refractivity contribution < 1.29 is 4.79 Å². The van der Waals surface area contributed by atoms with Gasteiger partial charge in [-0.05, 0) is 30.7 Å². The second-order valence-corrected chi connectivity index (χ2v) is 3.61. The van der Waals surface area contributed by atoms with Gasteiger partial charge >= 0.3 is 0 Å². The van der Waals surface area contributed by atoms with Crippen LogP contribution in [0.15, 0.2) is 23.3 Å². The van der Waals surface area contributed by atoms with Gasteiger partial charge < -0.3 is 0 Å². The Labute approximate surface area is 92.5 Å². The van der Waals surface area contributed by atoms with Crippen molar-refractivity contribution in [2.45, 2.75) is 6.92 Å². The maximum absolute atomic E-state index is 11.2. The molecular weight excluding hydrogens is 214 g/mol. The third-order valence-electron chi connectivity index (χ3n) is 2.12. The molecule has 78 valence electrons. The fourth-order valence-corrected chi connectivity index (χ4v) is 1.58. The molecule has 0 amide bonds. The molecule has 0 aromatic heterocycles. The van der Waals surface area contributed by atoms with E-state index in [1.54, 1.807) is 17.4 Å². The number of benzene rings is 1.